The van der Waals surface area contributed by atoms with Crippen molar-refractivity contribution in [1.29, 1.82) is 0 Å². The van der Waals surface area contributed by atoms with Crippen molar-refractivity contribution in [3.8, 4) is 5.88 Å². The summed E-state index contributed by atoms with van der Waals surface area (Å²) < 4.78 is 39.0. The molecule has 1 aromatic heterocycles. The maximum absolute atomic E-state index is 11.8. The summed E-state index contributed by atoms with van der Waals surface area (Å²) in [6.45, 7) is 0.0234. The van der Waals surface area contributed by atoms with E-state index < -0.39 is 12.2 Å². The molecular weight excluding hydrogens is 221 g/mol. The fraction of sp³-hybridized carbons (Fsp3) is 0.286. The van der Waals surface area contributed by atoms with Gasteiger partial charge in [0.25, 0.3) is 0 Å². The van der Waals surface area contributed by atoms with E-state index in [2.05, 4.69) is 9.72 Å². The lowest BCUT2D eigenvalue weighted by atomic mass is 10.3. The van der Waals surface area contributed by atoms with Gasteiger partial charge in [0.15, 0.2) is 0 Å². The largest absolute Gasteiger partial charge is 0.574 e. The van der Waals surface area contributed by atoms with Gasteiger partial charge in [-0.05, 0) is 11.6 Å². The molecule has 0 amide bonds. The van der Waals surface area contributed by atoms with Crippen molar-refractivity contribution < 1.29 is 17.9 Å². The van der Waals surface area contributed by atoms with Crippen LogP contribution in [0.3, 0.4) is 0 Å². The molecule has 0 unspecified atom stereocenters. The first-order valence-corrected chi connectivity index (χ1v) is 3.91. The number of rotatable bonds is 2. The molecule has 0 bridgehead atoms. The van der Waals surface area contributed by atoms with Crippen LogP contribution in [0.25, 0.3) is 0 Å². The molecule has 0 aliphatic heterocycles. The number of alkyl halides is 3. The zero-order chi connectivity index (χ0) is 10.8. The Morgan fingerprint density at radius 1 is 1.50 bits per heavy atom. The van der Waals surface area contributed by atoms with Crippen LogP contribution in [-0.2, 0) is 6.54 Å². The average Bonchev–Trinajstić information content (AvgIpc) is 2.06. The molecule has 2 N–H and O–H groups in total. The Balaban J connectivity index is 2.98. The molecule has 0 atom stereocenters. The monoisotopic (exact) mass is 226 g/mol. The molecule has 0 aromatic carbocycles. The van der Waals surface area contributed by atoms with E-state index >= 15 is 0 Å². The number of nitrogens with two attached hydrogens (primary N) is 1. The van der Waals surface area contributed by atoms with E-state index in [1.165, 1.54) is 6.07 Å². The van der Waals surface area contributed by atoms with Gasteiger partial charge in [-0.2, -0.15) is 0 Å². The Labute approximate surface area is 82.6 Å². The summed E-state index contributed by atoms with van der Waals surface area (Å²) in [5.41, 5.74) is 5.58. The van der Waals surface area contributed by atoms with Gasteiger partial charge in [-0.1, -0.05) is 11.6 Å². The fourth-order valence-electron chi connectivity index (χ4n) is 0.801. The molecule has 0 aliphatic carbocycles. The second kappa shape index (κ2) is 4.02. The second-order valence-electron chi connectivity index (χ2n) is 2.34. The number of hydrogen-bond donors (Lipinski definition) is 1. The molecule has 14 heavy (non-hydrogen) atoms. The number of nitrogens with zero attached hydrogens (tertiary/aromatic N) is 1. The quantitative estimate of drug-likeness (QED) is 0.840. The second-order valence-corrected chi connectivity index (χ2v) is 2.72. The molecule has 0 radical (unpaired) electrons. The zero-order valence-corrected chi connectivity index (χ0v) is 7.56. The van der Waals surface area contributed by atoms with Gasteiger partial charge in [0.1, 0.15) is 5.02 Å². The van der Waals surface area contributed by atoms with Crippen molar-refractivity contribution in [2.45, 2.75) is 12.9 Å². The van der Waals surface area contributed by atoms with Crippen molar-refractivity contribution >= 4 is 11.6 Å². The first-order chi connectivity index (χ1) is 6.44. The minimum absolute atomic E-state index is 0.0234. The number of ether oxygens (including phenoxy) is 1. The summed E-state index contributed by atoms with van der Waals surface area (Å²) in [5.74, 6) is -0.679. The highest BCUT2D eigenvalue weighted by Gasteiger charge is 2.33. The fourth-order valence-corrected chi connectivity index (χ4v) is 1.03. The molecule has 0 saturated carbocycles. The Bertz CT molecular complexity index is 329. The highest BCUT2D eigenvalue weighted by atomic mass is 35.5. The van der Waals surface area contributed by atoms with Gasteiger partial charge in [0.05, 0.1) is 0 Å². The van der Waals surface area contributed by atoms with Crippen molar-refractivity contribution in [1.82, 2.24) is 4.98 Å². The molecular formula is C7H6ClF3N2O. The van der Waals surface area contributed by atoms with E-state index in [0.717, 1.165) is 6.20 Å². The minimum Gasteiger partial charge on any atom is -0.386 e. The molecule has 1 aromatic rings. The average molecular weight is 227 g/mol. The standard InChI is InChI=1S/C7H6ClF3N2O/c8-5-4(3-12)1-2-13-6(5)14-7(9,10)11/h1-2H,3,12H2. The predicted molar refractivity (Wildman–Crippen MR) is 43.8 cm³/mol. The Morgan fingerprint density at radius 3 is 2.64 bits per heavy atom. The van der Waals surface area contributed by atoms with Crippen LogP contribution < -0.4 is 10.5 Å². The summed E-state index contributed by atoms with van der Waals surface area (Å²) in [5, 5.41) is -0.215. The lowest BCUT2D eigenvalue weighted by molar-refractivity contribution is -0.276. The number of halogens is 4. The summed E-state index contributed by atoms with van der Waals surface area (Å²) in [7, 11) is 0. The van der Waals surface area contributed by atoms with E-state index in [4.69, 9.17) is 17.3 Å². The molecule has 1 rings (SSSR count). The zero-order valence-electron chi connectivity index (χ0n) is 6.81. The van der Waals surface area contributed by atoms with Crippen molar-refractivity contribution in [3.63, 3.8) is 0 Å². The SMILES string of the molecule is NCc1ccnc(OC(F)(F)F)c1Cl. The summed E-state index contributed by atoms with van der Waals surface area (Å²) in [6, 6.07) is 1.42. The third kappa shape index (κ3) is 2.74. The van der Waals surface area contributed by atoms with Crippen LogP contribution in [0.2, 0.25) is 5.02 Å². The van der Waals surface area contributed by atoms with Gasteiger partial charge in [0, 0.05) is 12.7 Å². The van der Waals surface area contributed by atoms with E-state index in [-0.39, 0.29) is 11.6 Å². The Morgan fingerprint density at radius 2 is 2.14 bits per heavy atom. The van der Waals surface area contributed by atoms with Gasteiger partial charge in [-0.15, -0.1) is 13.2 Å². The van der Waals surface area contributed by atoms with E-state index in [1.807, 2.05) is 0 Å². The highest BCUT2D eigenvalue weighted by molar-refractivity contribution is 6.32. The van der Waals surface area contributed by atoms with Crippen LogP contribution in [-0.4, -0.2) is 11.3 Å². The van der Waals surface area contributed by atoms with Crippen LogP contribution in [0.15, 0.2) is 12.3 Å². The van der Waals surface area contributed by atoms with Crippen LogP contribution in [0.1, 0.15) is 5.56 Å². The molecule has 78 valence electrons. The first kappa shape index (κ1) is 11.1. The van der Waals surface area contributed by atoms with Crippen LogP contribution in [0.4, 0.5) is 13.2 Å². The lowest BCUT2D eigenvalue weighted by Crippen LogP contribution is -2.18. The van der Waals surface area contributed by atoms with Gasteiger partial charge in [-0.3, -0.25) is 0 Å². The molecule has 3 nitrogen and oxygen atoms in total. The minimum atomic E-state index is -4.80. The summed E-state index contributed by atoms with van der Waals surface area (Å²) >= 11 is 5.55. The van der Waals surface area contributed by atoms with Gasteiger partial charge >= 0.3 is 6.36 Å². The molecule has 7 heteroatoms. The predicted octanol–water partition coefficient (Wildman–Crippen LogP) is 2.09. The molecule has 0 spiro atoms. The molecule has 1 heterocycles. The van der Waals surface area contributed by atoms with E-state index in [1.54, 1.807) is 0 Å². The Kier molecular flexibility index (Phi) is 3.17. The maximum atomic E-state index is 11.8. The molecule has 0 fully saturated rings. The van der Waals surface area contributed by atoms with Crippen LogP contribution in [0, 0.1) is 0 Å². The van der Waals surface area contributed by atoms with Gasteiger partial charge in [0.2, 0.25) is 5.88 Å². The molecule has 0 saturated heterocycles. The van der Waals surface area contributed by atoms with E-state index in [9.17, 15) is 13.2 Å². The Hall–Kier alpha value is -1.01. The summed E-state index contributed by atoms with van der Waals surface area (Å²) in [6.07, 6.45) is -3.65. The van der Waals surface area contributed by atoms with E-state index in [0.29, 0.717) is 5.56 Å². The first-order valence-electron chi connectivity index (χ1n) is 3.53. The van der Waals surface area contributed by atoms with Crippen molar-refractivity contribution in [3.05, 3.63) is 22.8 Å². The number of hydrogen-bond acceptors (Lipinski definition) is 3. The van der Waals surface area contributed by atoms with Crippen molar-refractivity contribution in [2.24, 2.45) is 5.73 Å². The third-order valence-electron chi connectivity index (χ3n) is 1.37. The van der Waals surface area contributed by atoms with Gasteiger partial charge < -0.3 is 10.5 Å². The van der Waals surface area contributed by atoms with Crippen molar-refractivity contribution in [2.75, 3.05) is 0 Å². The summed E-state index contributed by atoms with van der Waals surface area (Å²) in [4.78, 5) is 3.34. The van der Waals surface area contributed by atoms with Gasteiger partial charge in [-0.25, -0.2) is 4.98 Å². The van der Waals surface area contributed by atoms with Crippen LogP contribution in [0.5, 0.6) is 5.88 Å². The molecule has 0 aliphatic rings. The number of aromatic nitrogens is 1. The van der Waals surface area contributed by atoms with Crippen LogP contribution >= 0.6 is 11.6 Å². The number of pyridine rings is 1. The maximum Gasteiger partial charge on any atom is 0.574 e. The topological polar surface area (TPSA) is 48.1 Å². The highest BCUT2D eigenvalue weighted by Crippen LogP contribution is 2.29. The lowest BCUT2D eigenvalue weighted by Gasteiger charge is -2.10. The third-order valence-corrected chi connectivity index (χ3v) is 1.77. The smallest absolute Gasteiger partial charge is 0.386 e. The normalized spacial score (nSPS) is 11.5.